The van der Waals surface area contributed by atoms with E-state index in [1.54, 1.807) is 0 Å². The van der Waals surface area contributed by atoms with Gasteiger partial charge >= 0.3 is 6.09 Å². The van der Waals surface area contributed by atoms with Crippen molar-refractivity contribution < 1.29 is 19.1 Å². The van der Waals surface area contributed by atoms with Crippen LogP contribution in [0.15, 0.2) is 54.6 Å². The van der Waals surface area contributed by atoms with E-state index in [0.29, 0.717) is 0 Å². The standard InChI is InChI=1S/C22H24N2O4/c25-21(23-19-12-6-10-17-9-4-5-11-18(17)19)20-14-27-15-24(20)22(26)28-13-16-7-2-1-3-8-16/h1-5,7-9,11,19-20H,6,10,12-15H2,(H,23,25)/t19-,20+/m1/s1. The topological polar surface area (TPSA) is 67.9 Å². The summed E-state index contributed by atoms with van der Waals surface area (Å²) >= 11 is 0. The molecule has 28 heavy (non-hydrogen) atoms. The van der Waals surface area contributed by atoms with Gasteiger partial charge in [-0.05, 0) is 36.0 Å². The second-order valence-electron chi connectivity index (χ2n) is 7.18. The van der Waals surface area contributed by atoms with Crippen LogP contribution in [0.1, 0.15) is 35.6 Å². The van der Waals surface area contributed by atoms with Crippen molar-refractivity contribution in [1.82, 2.24) is 10.2 Å². The summed E-state index contributed by atoms with van der Waals surface area (Å²) in [5.74, 6) is -0.198. The van der Waals surface area contributed by atoms with E-state index in [2.05, 4.69) is 17.4 Å². The Balaban J connectivity index is 1.38. The van der Waals surface area contributed by atoms with Gasteiger partial charge in [0.15, 0.2) is 0 Å². The first-order valence-electron chi connectivity index (χ1n) is 9.65. The van der Waals surface area contributed by atoms with Gasteiger partial charge in [-0.1, -0.05) is 54.6 Å². The number of benzene rings is 2. The fourth-order valence-electron chi connectivity index (χ4n) is 3.81. The van der Waals surface area contributed by atoms with Crippen molar-refractivity contribution in [3.63, 3.8) is 0 Å². The molecule has 146 valence electrons. The minimum atomic E-state index is -0.669. The first kappa shape index (κ1) is 18.5. The van der Waals surface area contributed by atoms with E-state index in [9.17, 15) is 9.59 Å². The summed E-state index contributed by atoms with van der Waals surface area (Å²) < 4.78 is 10.8. The third-order valence-corrected chi connectivity index (χ3v) is 5.31. The molecule has 1 heterocycles. The van der Waals surface area contributed by atoms with Gasteiger partial charge in [0.1, 0.15) is 19.4 Å². The van der Waals surface area contributed by atoms with Crippen molar-refractivity contribution in [2.24, 2.45) is 0 Å². The van der Waals surface area contributed by atoms with Crippen LogP contribution in [0.3, 0.4) is 0 Å². The maximum absolute atomic E-state index is 12.9. The summed E-state index contributed by atoms with van der Waals surface area (Å²) in [6.07, 6.45) is 2.43. The van der Waals surface area contributed by atoms with E-state index in [1.807, 2.05) is 42.5 Å². The average molecular weight is 380 g/mol. The van der Waals surface area contributed by atoms with Crippen LogP contribution in [-0.4, -0.2) is 36.3 Å². The van der Waals surface area contributed by atoms with Crippen LogP contribution in [0.4, 0.5) is 4.79 Å². The van der Waals surface area contributed by atoms with Gasteiger partial charge in [-0.2, -0.15) is 0 Å². The predicted molar refractivity (Wildman–Crippen MR) is 103 cm³/mol. The van der Waals surface area contributed by atoms with Crippen LogP contribution in [0.5, 0.6) is 0 Å². The summed E-state index contributed by atoms with van der Waals surface area (Å²) in [4.78, 5) is 26.7. The monoisotopic (exact) mass is 380 g/mol. The molecule has 2 aromatic rings. The van der Waals surface area contributed by atoms with E-state index in [4.69, 9.17) is 9.47 Å². The molecule has 2 atom stereocenters. The smallest absolute Gasteiger partial charge is 0.412 e. The number of rotatable bonds is 4. The number of ether oxygens (including phenoxy) is 2. The van der Waals surface area contributed by atoms with Crippen molar-refractivity contribution in [3.05, 3.63) is 71.3 Å². The van der Waals surface area contributed by atoms with Crippen molar-refractivity contribution >= 4 is 12.0 Å². The number of hydrogen-bond donors (Lipinski definition) is 1. The summed E-state index contributed by atoms with van der Waals surface area (Å²) in [5.41, 5.74) is 3.34. The molecule has 1 saturated heterocycles. The molecule has 1 fully saturated rings. The van der Waals surface area contributed by atoms with Crippen LogP contribution >= 0.6 is 0 Å². The van der Waals surface area contributed by atoms with Gasteiger partial charge in [-0.15, -0.1) is 0 Å². The van der Waals surface area contributed by atoms with Crippen molar-refractivity contribution in [2.45, 2.75) is 38.0 Å². The Kier molecular flexibility index (Phi) is 5.58. The minimum Gasteiger partial charge on any atom is -0.444 e. The average Bonchev–Trinajstić information content (AvgIpc) is 3.23. The van der Waals surface area contributed by atoms with Crippen molar-refractivity contribution in [3.8, 4) is 0 Å². The number of amides is 2. The van der Waals surface area contributed by atoms with Gasteiger partial charge in [0.2, 0.25) is 5.91 Å². The number of nitrogens with one attached hydrogen (secondary N) is 1. The molecule has 1 N–H and O–H groups in total. The van der Waals surface area contributed by atoms with Crippen molar-refractivity contribution in [1.29, 1.82) is 0 Å². The van der Waals surface area contributed by atoms with Crippen LogP contribution in [-0.2, 0) is 27.3 Å². The van der Waals surface area contributed by atoms with Gasteiger partial charge < -0.3 is 14.8 Å². The Morgan fingerprint density at radius 3 is 2.75 bits per heavy atom. The predicted octanol–water partition coefficient (Wildman–Crippen LogP) is 3.18. The van der Waals surface area contributed by atoms with Gasteiger partial charge in [-0.3, -0.25) is 9.69 Å². The lowest BCUT2D eigenvalue weighted by Crippen LogP contribution is -2.48. The molecule has 2 aliphatic rings. The maximum Gasteiger partial charge on any atom is 0.412 e. The lowest BCUT2D eigenvalue weighted by atomic mass is 9.87. The van der Waals surface area contributed by atoms with Crippen molar-refractivity contribution in [2.75, 3.05) is 13.3 Å². The second kappa shape index (κ2) is 8.44. The third kappa shape index (κ3) is 4.02. The molecule has 1 aliphatic carbocycles. The molecule has 0 saturated carbocycles. The molecular weight excluding hydrogens is 356 g/mol. The van der Waals surface area contributed by atoms with Crippen LogP contribution in [0.2, 0.25) is 0 Å². The van der Waals surface area contributed by atoms with Gasteiger partial charge in [0.05, 0.1) is 12.6 Å². The van der Waals surface area contributed by atoms with E-state index in [0.717, 1.165) is 24.8 Å². The summed E-state index contributed by atoms with van der Waals surface area (Å²) in [7, 11) is 0. The van der Waals surface area contributed by atoms with E-state index >= 15 is 0 Å². The van der Waals surface area contributed by atoms with E-state index in [1.165, 1.54) is 16.0 Å². The number of hydrogen-bond acceptors (Lipinski definition) is 4. The summed E-state index contributed by atoms with van der Waals surface area (Å²) in [5, 5.41) is 3.11. The first-order valence-corrected chi connectivity index (χ1v) is 9.65. The molecule has 1 aliphatic heterocycles. The summed E-state index contributed by atoms with van der Waals surface area (Å²) in [6.45, 7) is 0.411. The minimum absolute atomic E-state index is 0.0276. The molecule has 0 unspecified atom stereocenters. The molecule has 0 spiro atoms. The van der Waals surface area contributed by atoms with Gasteiger partial charge in [-0.25, -0.2) is 4.79 Å². The molecule has 4 rings (SSSR count). The lowest BCUT2D eigenvalue weighted by Gasteiger charge is -2.28. The van der Waals surface area contributed by atoms with Gasteiger partial charge in [0, 0.05) is 0 Å². The van der Waals surface area contributed by atoms with Crippen LogP contribution in [0.25, 0.3) is 0 Å². The van der Waals surface area contributed by atoms with E-state index < -0.39 is 12.1 Å². The largest absolute Gasteiger partial charge is 0.444 e. The number of nitrogens with zero attached hydrogens (tertiary/aromatic N) is 1. The van der Waals surface area contributed by atoms with Crippen LogP contribution in [0, 0.1) is 0 Å². The second-order valence-corrected chi connectivity index (χ2v) is 7.18. The highest BCUT2D eigenvalue weighted by Crippen LogP contribution is 2.29. The molecule has 0 radical (unpaired) electrons. The number of aryl methyl sites for hydroxylation is 1. The Morgan fingerprint density at radius 2 is 1.89 bits per heavy atom. The number of fused-ring (bicyclic) bond motifs is 1. The Labute approximate surface area is 164 Å². The first-order chi connectivity index (χ1) is 13.7. The Bertz CT molecular complexity index is 839. The molecule has 6 nitrogen and oxygen atoms in total. The zero-order valence-electron chi connectivity index (χ0n) is 15.7. The molecular formula is C22H24N2O4. The molecule has 0 bridgehead atoms. The highest BCUT2D eigenvalue weighted by molar-refractivity contribution is 5.86. The zero-order valence-corrected chi connectivity index (χ0v) is 15.7. The molecule has 2 aromatic carbocycles. The molecule has 6 heteroatoms. The molecule has 2 amide bonds. The highest BCUT2D eigenvalue weighted by atomic mass is 16.6. The zero-order chi connectivity index (χ0) is 19.3. The normalized spacial score (nSPS) is 21.1. The maximum atomic E-state index is 12.9. The Morgan fingerprint density at radius 1 is 1.11 bits per heavy atom. The SMILES string of the molecule is O=C(N[C@@H]1CCCc2ccccc21)[C@@H]1COCN1C(=O)OCc1ccccc1. The summed E-state index contributed by atoms with van der Waals surface area (Å²) in [6, 6.07) is 17.0. The number of carbonyl (C=O) groups excluding carboxylic acids is 2. The van der Waals surface area contributed by atoms with E-state index in [-0.39, 0.29) is 31.9 Å². The lowest BCUT2D eigenvalue weighted by molar-refractivity contribution is -0.125. The molecule has 0 aromatic heterocycles. The van der Waals surface area contributed by atoms with Gasteiger partial charge in [0.25, 0.3) is 0 Å². The quantitative estimate of drug-likeness (QED) is 0.885. The van der Waals surface area contributed by atoms with Crippen LogP contribution < -0.4 is 5.32 Å². The Hall–Kier alpha value is -2.86. The third-order valence-electron chi connectivity index (χ3n) is 5.31. The fourth-order valence-corrected chi connectivity index (χ4v) is 3.81. The number of carbonyl (C=O) groups is 2. The highest BCUT2D eigenvalue weighted by Gasteiger charge is 2.37. The fraction of sp³-hybridized carbons (Fsp3) is 0.364.